The molecule has 1 fully saturated rings. The topological polar surface area (TPSA) is 83.3 Å². The molecule has 0 radical (unpaired) electrons. The number of hydrogen-bond acceptors (Lipinski definition) is 5. The summed E-state index contributed by atoms with van der Waals surface area (Å²) in [4.78, 5) is 18.2. The van der Waals surface area contributed by atoms with Crippen LogP contribution >= 0.6 is 0 Å². The molecule has 0 aromatic carbocycles. The molecule has 1 aliphatic heterocycles. The molecule has 6 heteroatoms. The Morgan fingerprint density at radius 2 is 2.17 bits per heavy atom. The highest BCUT2D eigenvalue weighted by atomic mass is 16.1. The number of hydrazine groups is 1. The second kappa shape index (κ2) is 6.32. The van der Waals surface area contributed by atoms with Crippen molar-refractivity contribution in [3.63, 3.8) is 0 Å². The SMILES string of the molecule is NNc1ccc(C(=O)NCCN2CCCC2)cn1. The number of hydrogen-bond donors (Lipinski definition) is 3. The highest BCUT2D eigenvalue weighted by Crippen LogP contribution is 2.06. The van der Waals surface area contributed by atoms with E-state index < -0.39 is 0 Å². The van der Waals surface area contributed by atoms with Gasteiger partial charge in [-0.3, -0.25) is 4.79 Å². The van der Waals surface area contributed by atoms with Gasteiger partial charge in [-0.15, -0.1) is 0 Å². The number of carbonyl (C=O) groups excluding carboxylic acids is 1. The van der Waals surface area contributed by atoms with Crippen LogP contribution in [0.25, 0.3) is 0 Å². The fourth-order valence-electron chi connectivity index (χ4n) is 2.05. The third kappa shape index (κ3) is 3.41. The van der Waals surface area contributed by atoms with Crippen LogP contribution in [0.1, 0.15) is 23.2 Å². The lowest BCUT2D eigenvalue weighted by Crippen LogP contribution is -2.33. The molecule has 0 atom stereocenters. The molecule has 98 valence electrons. The molecular weight excluding hydrogens is 230 g/mol. The predicted octanol–water partition coefficient (Wildman–Crippen LogP) is 0.193. The summed E-state index contributed by atoms with van der Waals surface area (Å²) in [5.74, 6) is 5.66. The Balaban J connectivity index is 1.76. The van der Waals surface area contributed by atoms with Crippen LogP contribution in [0.15, 0.2) is 18.3 Å². The van der Waals surface area contributed by atoms with Gasteiger partial charge in [0.05, 0.1) is 5.56 Å². The van der Waals surface area contributed by atoms with E-state index in [4.69, 9.17) is 5.84 Å². The zero-order chi connectivity index (χ0) is 12.8. The summed E-state index contributed by atoms with van der Waals surface area (Å²) in [5.41, 5.74) is 2.98. The van der Waals surface area contributed by atoms with Gasteiger partial charge in [0.15, 0.2) is 0 Å². The molecule has 4 N–H and O–H groups in total. The summed E-state index contributed by atoms with van der Waals surface area (Å²) in [6, 6.07) is 3.38. The smallest absolute Gasteiger partial charge is 0.252 e. The number of pyridine rings is 1. The minimum absolute atomic E-state index is 0.0923. The van der Waals surface area contributed by atoms with Crippen molar-refractivity contribution in [3.05, 3.63) is 23.9 Å². The van der Waals surface area contributed by atoms with Crippen molar-refractivity contribution in [1.82, 2.24) is 15.2 Å². The van der Waals surface area contributed by atoms with Crippen molar-refractivity contribution in [3.8, 4) is 0 Å². The van der Waals surface area contributed by atoms with Gasteiger partial charge in [-0.05, 0) is 38.1 Å². The summed E-state index contributed by atoms with van der Waals surface area (Å²) < 4.78 is 0. The lowest BCUT2D eigenvalue weighted by molar-refractivity contribution is 0.0949. The number of rotatable bonds is 5. The van der Waals surface area contributed by atoms with Gasteiger partial charge in [-0.1, -0.05) is 0 Å². The second-order valence-corrected chi connectivity index (χ2v) is 4.38. The Morgan fingerprint density at radius 3 is 2.78 bits per heavy atom. The number of nitrogen functional groups attached to an aromatic ring is 1. The van der Waals surface area contributed by atoms with Crippen LogP contribution in [0.4, 0.5) is 5.82 Å². The van der Waals surface area contributed by atoms with Crippen LogP contribution in [0, 0.1) is 0 Å². The summed E-state index contributed by atoms with van der Waals surface area (Å²) in [7, 11) is 0. The van der Waals surface area contributed by atoms with Gasteiger partial charge in [0.25, 0.3) is 5.91 Å². The number of likely N-dealkylation sites (tertiary alicyclic amines) is 1. The van der Waals surface area contributed by atoms with E-state index in [1.54, 1.807) is 12.1 Å². The fourth-order valence-corrected chi connectivity index (χ4v) is 2.05. The number of nitrogens with one attached hydrogen (secondary N) is 2. The van der Waals surface area contributed by atoms with Gasteiger partial charge >= 0.3 is 0 Å². The van der Waals surface area contributed by atoms with Gasteiger partial charge < -0.3 is 15.6 Å². The van der Waals surface area contributed by atoms with Crippen molar-refractivity contribution in [2.45, 2.75) is 12.8 Å². The fraction of sp³-hybridized carbons (Fsp3) is 0.500. The van der Waals surface area contributed by atoms with Crippen LogP contribution in [0.3, 0.4) is 0 Å². The van der Waals surface area contributed by atoms with E-state index >= 15 is 0 Å². The Hall–Kier alpha value is -1.66. The van der Waals surface area contributed by atoms with Gasteiger partial charge in [0, 0.05) is 19.3 Å². The molecule has 1 aliphatic rings. The first-order valence-electron chi connectivity index (χ1n) is 6.23. The van der Waals surface area contributed by atoms with E-state index in [2.05, 4.69) is 20.6 Å². The Labute approximate surface area is 107 Å². The molecule has 0 aliphatic carbocycles. The van der Waals surface area contributed by atoms with Gasteiger partial charge in [0.2, 0.25) is 0 Å². The normalized spacial score (nSPS) is 15.6. The first-order valence-corrected chi connectivity index (χ1v) is 6.23. The highest BCUT2D eigenvalue weighted by Gasteiger charge is 2.11. The predicted molar refractivity (Wildman–Crippen MR) is 70.1 cm³/mol. The van der Waals surface area contributed by atoms with Crippen molar-refractivity contribution in [2.75, 3.05) is 31.6 Å². The maximum Gasteiger partial charge on any atom is 0.252 e. The van der Waals surface area contributed by atoms with Crippen LogP contribution < -0.4 is 16.6 Å². The zero-order valence-electron chi connectivity index (χ0n) is 10.4. The molecule has 0 bridgehead atoms. The molecule has 0 spiro atoms. The maximum atomic E-state index is 11.8. The largest absolute Gasteiger partial charge is 0.351 e. The van der Waals surface area contributed by atoms with E-state index in [1.807, 2.05) is 0 Å². The summed E-state index contributed by atoms with van der Waals surface area (Å²) >= 11 is 0. The number of anilines is 1. The molecule has 1 saturated heterocycles. The molecule has 2 rings (SSSR count). The molecule has 0 unspecified atom stereocenters. The third-order valence-corrected chi connectivity index (χ3v) is 3.09. The molecule has 1 aromatic heterocycles. The van der Waals surface area contributed by atoms with Crippen molar-refractivity contribution in [1.29, 1.82) is 0 Å². The molecule has 2 heterocycles. The standard InChI is InChI=1S/C12H19N5O/c13-16-11-4-3-10(9-15-11)12(18)14-5-8-17-6-1-2-7-17/h3-4,9H,1-2,5-8,13H2,(H,14,18)(H,15,16). The lowest BCUT2D eigenvalue weighted by Gasteiger charge is -2.14. The average molecular weight is 249 g/mol. The third-order valence-electron chi connectivity index (χ3n) is 3.09. The van der Waals surface area contributed by atoms with Crippen LogP contribution in [0.2, 0.25) is 0 Å². The lowest BCUT2D eigenvalue weighted by atomic mass is 10.2. The first kappa shape index (κ1) is 12.8. The molecule has 1 aromatic rings. The number of carbonyl (C=O) groups is 1. The average Bonchev–Trinajstić information content (AvgIpc) is 2.92. The summed E-state index contributed by atoms with van der Waals surface area (Å²) in [5, 5.41) is 2.89. The molecule has 6 nitrogen and oxygen atoms in total. The van der Waals surface area contributed by atoms with Gasteiger partial charge in [0.1, 0.15) is 5.82 Å². The van der Waals surface area contributed by atoms with E-state index in [0.717, 1.165) is 19.6 Å². The number of nitrogens with zero attached hydrogens (tertiary/aromatic N) is 2. The number of nitrogens with two attached hydrogens (primary N) is 1. The Bertz CT molecular complexity index is 386. The monoisotopic (exact) mass is 249 g/mol. The van der Waals surface area contributed by atoms with E-state index in [1.165, 1.54) is 19.0 Å². The van der Waals surface area contributed by atoms with Crippen LogP contribution in [-0.4, -0.2) is 42.0 Å². The van der Waals surface area contributed by atoms with Crippen LogP contribution in [0.5, 0.6) is 0 Å². The maximum absolute atomic E-state index is 11.8. The zero-order valence-corrected chi connectivity index (χ0v) is 10.4. The number of amides is 1. The van der Waals surface area contributed by atoms with E-state index in [0.29, 0.717) is 17.9 Å². The Kier molecular flexibility index (Phi) is 4.49. The minimum atomic E-state index is -0.0923. The van der Waals surface area contributed by atoms with Gasteiger partial charge in [-0.25, -0.2) is 10.8 Å². The minimum Gasteiger partial charge on any atom is -0.351 e. The molecule has 1 amide bonds. The molecular formula is C12H19N5O. The highest BCUT2D eigenvalue weighted by molar-refractivity contribution is 5.94. The first-order chi connectivity index (χ1) is 8.79. The van der Waals surface area contributed by atoms with Crippen LogP contribution in [-0.2, 0) is 0 Å². The molecule has 0 saturated carbocycles. The quantitative estimate of drug-likeness (QED) is 0.512. The van der Waals surface area contributed by atoms with Crippen molar-refractivity contribution in [2.24, 2.45) is 5.84 Å². The van der Waals surface area contributed by atoms with E-state index in [9.17, 15) is 4.79 Å². The number of aromatic nitrogens is 1. The molecule has 18 heavy (non-hydrogen) atoms. The summed E-state index contributed by atoms with van der Waals surface area (Å²) in [6.07, 6.45) is 4.05. The van der Waals surface area contributed by atoms with Gasteiger partial charge in [-0.2, -0.15) is 0 Å². The van der Waals surface area contributed by atoms with Crippen molar-refractivity contribution < 1.29 is 4.79 Å². The van der Waals surface area contributed by atoms with Crippen molar-refractivity contribution >= 4 is 11.7 Å². The Morgan fingerprint density at radius 1 is 1.39 bits per heavy atom. The summed E-state index contributed by atoms with van der Waals surface area (Å²) in [6.45, 7) is 3.89. The second-order valence-electron chi connectivity index (χ2n) is 4.38. The van der Waals surface area contributed by atoms with E-state index in [-0.39, 0.29) is 5.91 Å².